The molecule has 16 heavy (non-hydrogen) atoms. The first-order chi connectivity index (χ1) is 7.27. The molecule has 0 aliphatic heterocycles. The summed E-state index contributed by atoms with van der Waals surface area (Å²) in [5, 5.41) is 0. The van der Waals surface area contributed by atoms with Gasteiger partial charge in [-0.25, -0.2) is 0 Å². The van der Waals surface area contributed by atoms with Crippen molar-refractivity contribution in [3.8, 4) is 0 Å². The fourth-order valence-corrected chi connectivity index (χ4v) is 1.87. The number of amides is 1. The Morgan fingerprint density at radius 3 is 2.31 bits per heavy atom. The van der Waals surface area contributed by atoms with E-state index < -0.39 is 23.2 Å². The number of rotatable bonds is 2. The quantitative estimate of drug-likeness (QED) is 0.661. The molecule has 0 saturated heterocycles. The van der Waals surface area contributed by atoms with E-state index in [9.17, 15) is 22.8 Å². The second kappa shape index (κ2) is 4.40. The Kier molecular flexibility index (Phi) is 3.56. The first kappa shape index (κ1) is 12.9. The van der Waals surface area contributed by atoms with Crippen LogP contribution in [0.2, 0.25) is 0 Å². The molecular formula is C9H5F3INO2. The molecule has 0 spiro atoms. The molecular weight excluding hydrogens is 338 g/mol. The zero-order chi connectivity index (χ0) is 12.5. The largest absolute Gasteiger partial charge is 0.417 e. The second-order valence-corrected chi connectivity index (χ2v) is 4.14. The molecule has 0 radical (unpaired) electrons. The van der Waals surface area contributed by atoms with Gasteiger partial charge in [0.05, 0.1) is 11.1 Å². The molecule has 1 aromatic carbocycles. The maximum Gasteiger partial charge on any atom is 0.417 e. The van der Waals surface area contributed by atoms with Gasteiger partial charge in [-0.3, -0.25) is 9.59 Å². The highest BCUT2D eigenvalue weighted by Crippen LogP contribution is 2.34. The summed E-state index contributed by atoms with van der Waals surface area (Å²) in [6, 6.07) is 1.94. The first-order valence-corrected chi connectivity index (χ1v) is 5.01. The maximum absolute atomic E-state index is 12.6. The van der Waals surface area contributed by atoms with E-state index in [1.165, 1.54) is 6.07 Å². The normalized spacial score (nSPS) is 11.2. The number of halogens is 4. The van der Waals surface area contributed by atoms with Gasteiger partial charge in [-0.05, 0) is 34.7 Å². The minimum atomic E-state index is -4.72. The highest BCUT2D eigenvalue weighted by Gasteiger charge is 2.36. The number of carbonyl (C=O) groups is 2. The topological polar surface area (TPSA) is 60.2 Å². The highest BCUT2D eigenvalue weighted by atomic mass is 127. The molecule has 1 aromatic rings. The summed E-state index contributed by atoms with van der Waals surface area (Å²) in [4.78, 5) is 21.5. The summed E-state index contributed by atoms with van der Waals surface area (Å²) in [7, 11) is 0. The lowest BCUT2D eigenvalue weighted by Crippen LogP contribution is -2.21. The van der Waals surface area contributed by atoms with Crippen LogP contribution in [0.5, 0.6) is 0 Å². The van der Waals surface area contributed by atoms with E-state index in [2.05, 4.69) is 0 Å². The molecule has 1 amide bonds. The Bertz CT molecular complexity index is 457. The van der Waals surface area contributed by atoms with Gasteiger partial charge in [-0.15, -0.1) is 0 Å². The van der Waals surface area contributed by atoms with E-state index in [-0.39, 0.29) is 15.4 Å². The Morgan fingerprint density at radius 2 is 1.94 bits per heavy atom. The van der Waals surface area contributed by atoms with Crippen LogP contribution in [0.25, 0.3) is 0 Å². The third-order valence-corrected chi connectivity index (χ3v) is 2.44. The van der Waals surface area contributed by atoms with Crippen LogP contribution in [0.1, 0.15) is 26.3 Å². The van der Waals surface area contributed by atoms with E-state index >= 15 is 0 Å². The number of alkyl halides is 3. The number of hydrogen-bond acceptors (Lipinski definition) is 2. The fraction of sp³-hybridized carbons (Fsp3) is 0.111. The summed E-state index contributed by atoms with van der Waals surface area (Å²) >= 11 is 1.62. The smallest absolute Gasteiger partial charge is 0.366 e. The minimum absolute atomic E-state index is 0.178. The zero-order valence-electron chi connectivity index (χ0n) is 7.64. The highest BCUT2D eigenvalue weighted by molar-refractivity contribution is 14.1. The molecule has 2 N–H and O–H groups in total. The summed E-state index contributed by atoms with van der Waals surface area (Å²) < 4.78 is 37.9. The molecule has 3 nitrogen and oxygen atoms in total. The summed E-state index contributed by atoms with van der Waals surface area (Å²) in [5.41, 5.74) is 2.51. The van der Waals surface area contributed by atoms with Crippen molar-refractivity contribution in [2.75, 3.05) is 0 Å². The third-order valence-electron chi connectivity index (χ3n) is 1.81. The van der Waals surface area contributed by atoms with Gasteiger partial charge in [-0.1, -0.05) is 0 Å². The molecule has 0 unspecified atom stereocenters. The fourth-order valence-electron chi connectivity index (χ4n) is 1.22. The van der Waals surface area contributed by atoms with Crippen molar-refractivity contribution in [1.29, 1.82) is 0 Å². The van der Waals surface area contributed by atoms with Gasteiger partial charge < -0.3 is 5.73 Å². The summed E-state index contributed by atoms with van der Waals surface area (Å²) in [6.45, 7) is 0. The van der Waals surface area contributed by atoms with Crippen LogP contribution in [0.3, 0.4) is 0 Å². The first-order valence-electron chi connectivity index (χ1n) is 3.93. The molecule has 0 saturated carbocycles. The Morgan fingerprint density at radius 1 is 1.38 bits per heavy atom. The Hall–Kier alpha value is -1.12. The van der Waals surface area contributed by atoms with Crippen molar-refractivity contribution in [3.05, 3.63) is 32.4 Å². The Labute approximate surface area is 102 Å². The van der Waals surface area contributed by atoms with Crippen LogP contribution in [-0.4, -0.2) is 12.2 Å². The maximum atomic E-state index is 12.6. The van der Waals surface area contributed by atoms with Crippen LogP contribution >= 0.6 is 22.6 Å². The predicted octanol–water partition coefficient (Wildman–Crippen LogP) is 2.22. The third kappa shape index (κ3) is 2.52. The van der Waals surface area contributed by atoms with E-state index in [4.69, 9.17) is 5.73 Å². The van der Waals surface area contributed by atoms with Gasteiger partial charge in [0, 0.05) is 9.13 Å². The number of benzene rings is 1. The minimum Gasteiger partial charge on any atom is -0.366 e. The van der Waals surface area contributed by atoms with Gasteiger partial charge in [0.2, 0.25) is 5.91 Å². The lowest BCUT2D eigenvalue weighted by Gasteiger charge is -2.12. The molecule has 7 heteroatoms. The van der Waals surface area contributed by atoms with E-state index in [0.29, 0.717) is 0 Å². The molecule has 0 atom stereocenters. The summed E-state index contributed by atoms with van der Waals surface area (Å²) in [5.74, 6) is -1.27. The lowest BCUT2D eigenvalue weighted by molar-refractivity contribution is -0.138. The summed E-state index contributed by atoms with van der Waals surface area (Å²) in [6.07, 6.45) is -4.54. The standard InChI is InChI=1S/C9H5F3INO2/c10-9(11,12)6-2-5(13)1-4(3-15)7(6)8(14)16/h1-3H,(H2,14,16). The predicted molar refractivity (Wildman–Crippen MR) is 58.1 cm³/mol. The average Bonchev–Trinajstić information content (AvgIpc) is 2.14. The molecule has 86 valence electrons. The van der Waals surface area contributed by atoms with Gasteiger partial charge in [-0.2, -0.15) is 13.2 Å². The molecule has 1 rings (SSSR count). The van der Waals surface area contributed by atoms with E-state index in [1.54, 1.807) is 22.6 Å². The van der Waals surface area contributed by atoms with Crippen LogP contribution in [0, 0.1) is 3.57 Å². The van der Waals surface area contributed by atoms with Gasteiger partial charge in [0.15, 0.2) is 6.29 Å². The monoisotopic (exact) mass is 343 g/mol. The molecule has 0 bridgehead atoms. The number of aldehydes is 1. The number of hydrogen-bond donors (Lipinski definition) is 1. The molecule has 0 aromatic heterocycles. The average molecular weight is 343 g/mol. The van der Waals surface area contributed by atoms with E-state index in [0.717, 1.165) is 6.07 Å². The Balaban J connectivity index is 3.64. The van der Waals surface area contributed by atoms with Crippen molar-refractivity contribution in [2.24, 2.45) is 5.73 Å². The van der Waals surface area contributed by atoms with Crippen molar-refractivity contribution in [2.45, 2.75) is 6.18 Å². The lowest BCUT2D eigenvalue weighted by atomic mass is 10.0. The second-order valence-electron chi connectivity index (χ2n) is 2.90. The number of primary amides is 1. The van der Waals surface area contributed by atoms with Gasteiger partial charge in [0.25, 0.3) is 0 Å². The SMILES string of the molecule is NC(=O)c1c(C=O)cc(I)cc1C(F)(F)F. The van der Waals surface area contributed by atoms with Crippen molar-refractivity contribution < 1.29 is 22.8 Å². The van der Waals surface area contributed by atoms with Crippen molar-refractivity contribution >= 4 is 34.8 Å². The molecule has 0 aliphatic rings. The molecule has 0 fully saturated rings. The van der Waals surface area contributed by atoms with Crippen LogP contribution < -0.4 is 5.73 Å². The van der Waals surface area contributed by atoms with Crippen LogP contribution in [-0.2, 0) is 6.18 Å². The van der Waals surface area contributed by atoms with Gasteiger partial charge >= 0.3 is 6.18 Å². The van der Waals surface area contributed by atoms with Gasteiger partial charge in [0.1, 0.15) is 0 Å². The number of nitrogens with two attached hydrogens (primary N) is 1. The molecule has 0 aliphatic carbocycles. The number of carbonyl (C=O) groups excluding carboxylic acids is 2. The van der Waals surface area contributed by atoms with Crippen LogP contribution in [0.4, 0.5) is 13.2 Å². The zero-order valence-corrected chi connectivity index (χ0v) is 9.80. The molecule has 0 heterocycles. The van der Waals surface area contributed by atoms with Crippen molar-refractivity contribution in [3.63, 3.8) is 0 Å². The van der Waals surface area contributed by atoms with E-state index in [1.807, 2.05) is 0 Å². The van der Waals surface area contributed by atoms with Crippen molar-refractivity contribution in [1.82, 2.24) is 0 Å². The van der Waals surface area contributed by atoms with Crippen LogP contribution in [0.15, 0.2) is 12.1 Å².